The molecule has 1 aromatic rings. The molecule has 1 saturated heterocycles. The van der Waals surface area contributed by atoms with Crippen LogP contribution in [0.3, 0.4) is 0 Å². The van der Waals surface area contributed by atoms with Gasteiger partial charge in [-0.05, 0) is 69.9 Å². The highest BCUT2D eigenvalue weighted by Crippen LogP contribution is 2.40. The molecule has 0 saturated carbocycles. The first kappa shape index (κ1) is 16.8. The van der Waals surface area contributed by atoms with Gasteiger partial charge in [-0.2, -0.15) is 0 Å². The number of hydrogen-bond donors (Lipinski definition) is 1. The summed E-state index contributed by atoms with van der Waals surface area (Å²) in [6.45, 7) is 9.15. The number of nitrogens with one attached hydrogen (secondary N) is 1. The summed E-state index contributed by atoms with van der Waals surface area (Å²) < 4.78 is 0. The molecule has 0 aromatic heterocycles. The highest BCUT2D eigenvalue weighted by Gasteiger charge is 2.42. The monoisotopic (exact) mass is 308 g/mol. The smallest absolute Gasteiger partial charge is 0.0505 e. The van der Waals surface area contributed by atoms with Crippen LogP contribution in [0, 0.1) is 6.92 Å². The average Bonchev–Trinajstić information content (AvgIpc) is 3.02. The molecule has 1 aliphatic rings. The lowest BCUT2D eigenvalue weighted by Gasteiger charge is -2.47. The van der Waals surface area contributed by atoms with Crippen LogP contribution in [0.5, 0.6) is 0 Å². The Morgan fingerprint density at radius 1 is 1.24 bits per heavy atom. The summed E-state index contributed by atoms with van der Waals surface area (Å²) in [4.78, 5) is 2.70. The molecular weight excluding hydrogens is 280 g/mol. The van der Waals surface area contributed by atoms with Crippen LogP contribution in [0.4, 0.5) is 0 Å². The van der Waals surface area contributed by atoms with Gasteiger partial charge in [0.1, 0.15) is 0 Å². The van der Waals surface area contributed by atoms with Gasteiger partial charge in [-0.1, -0.05) is 37.6 Å². The lowest BCUT2D eigenvalue weighted by molar-refractivity contribution is 0.0647. The van der Waals surface area contributed by atoms with E-state index in [-0.39, 0.29) is 5.54 Å². The number of nitrogens with zero attached hydrogens (tertiary/aromatic N) is 1. The molecule has 0 bridgehead atoms. The maximum Gasteiger partial charge on any atom is 0.0505 e. The summed E-state index contributed by atoms with van der Waals surface area (Å²) in [5, 5.41) is 4.46. The molecule has 1 fully saturated rings. The van der Waals surface area contributed by atoms with Crippen LogP contribution in [0.1, 0.15) is 56.7 Å². The first-order valence-corrected chi connectivity index (χ1v) is 8.65. The van der Waals surface area contributed by atoms with E-state index in [1.165, 1.54) is 31.5 Å². The summed E-state index contributed by atoms with van der Waals surface area (Å²) >= 11 is 6.37. The second-order valence-corrected chi connectivity index (χ2v) is 6.64. The normalized spacial score (nSPS) is 18.1. The van der Waals surface area contributed by atoms with Crippen molar-refractivity contribution in [3.05, 3.63) is 34.3 Å². The summed E-state index contributed by atoms with van der Waals surface area (Å²) in [6.07, 6.45) is 4.96. The van der Waals surface area contributed by atoms with E-state index in [0.717, 1.165) is 23.4 Å². The molecule has 0 amide bonds. The second kappa shape index (κ2) is 7.13. The Balaban J connectivity index is 2.41. The van der Waals surface area contributed by atoms with Gasteiger partial charge in [0.05, 0.1) is 6.04 Å². The van der Waals surface area contributed by atoms with Crippen LogP contribution >= 0.6 is 11.6 Å². The van der Waals surface area contributed by atoms with Crippen molar-refractivity contribution in [2.45, 2.75) is 58.0 Å². The molecule has 0 spiro atoms. The van der Waals surface area contributed by atoms with Gasteiger partial charge < -0.3 is 5.32 Å². The minimum absolute atomic E-state index is 0.184. The zero-order chi connectivity index (χ0) is 15.5. The third kappa shape index (κ3) is 3.13. The molecule has 3 heteroatoms. The highest BCUT2D eigenvalue weighted by atomic mass is 35.5. The van der Waals surface area contributed by atoms with Crippen LogP contribution in [0.15, 0.2) is 18.2 Å². The van der Waals surface area contributed by atoms with Gasteiger partial charge in [0.25, 0.3) is 0 Å². The van der Waals surface area contributed by atoms with E-state index in [1.807, 2.05) is 0 Å². The lowest BCUT2D eigenvalue weighted by atomic mass is 9.79. The maximum atomic E-state index is 6.37. The third-order valence-electron chi connectivity index (χ3n) is 5.32. The molecule has 1 aromatic carbocycles. The molecule has 0 aliphatic carbocycles. The Labute approximate surface area is 134 Å². The SMILES string of the molecule is CCC(CC)(C(NC)c1ccc(C)c(Cl)c1)N1CCCC1. The Morgan fingerprint density at radius 3 is 2.33 bits per heavy atom. The first-order chi connectivity index (χ1) is 10.1. The van der Waals surface area contributed by atoms with E-state index in [2.05, 4.69) is 56.2 Å². The largest absolute Gasteiger partial charge is 0.311 e. The van der Waals surface area contributed by atoms with Gasteiger partial charge in [-0.25, -0.2) is 0 Å². The summed E-state index contributed by atoms with van der Waals surface area (Å²) in [7, 11) is 2.08. The number of aryl methyl sites for hydroxylation is 1. The van der Waals surface area contributed by atoms with Crippen molar-refractivity contribution in [3.63, 3.8) is 0 Å². The topological polar surface area (TPSA) is 15.3 Å². The van der Waals surface area contributed by atoms with E-state index >= 15 is 0 Å². The van der Waals surface area contributed by atoms with E-state index < -0.39 is 0 Å². The number of rotatable bonds is 6. The minimum atomic E-state index is 0.184. The van der Waals surface area contributed by atoms with E-state index in [1.54, 1.807) is 0 Å². The Morgan fingerprint density at radius 2 is 1.86 bits per heavy atom. The predicted octanol–water partition coefficient (Wildman–Crippen LogP) is 4.56. The maximum absolute atomic E-state index is 6.37. The first-order valence-electron chi connectivity index (χ1n) is 8.27. The zero-order valence-corrected chi connectivity index (χ0v) is 14.6. The van der Waals surface area contributed by atoms with E-state index in [4.69, 9.17) is 11.6 Å². The van der Waals surface area contributed by atoms with Crippen molar-refractivity contribution in [2.75, 3.05) is 20.1 Å². The number of halogens is 1. The van der Waals surface area contributed by atoms with Crippen molar-refractivity contribution >= 4 is 11.6 Å². The van der Waals surface area contributed by atoms with Gasteiger partial charge in [-0.15, -0.1) is 0 Å². The molecule has 1 heterocycles. The van der Waals surface area contributed by atoms with Crippen molar-refractivity contribution in [3.8, 4) is 0 Å². The predicted molar refractivity (Wildman–Crippen MR) is 92.1 cm³/mol. The van der Waals surface area contributed by atoms with Crippen molar-refractivity contribution in [1.82, 2.24) is 10.2 Å². The molecule has 1 N–H and O–H groups in total. The second-order valence-electron chi connectivity index (χ2n) is 6.24. The highest BCUT2D eigenvalue weighted by molar-refractivity contribution is 6.31. The van der Waals surface area contributed by atoms with Crippen LogP contribution in [0.2, 0.25) is 5.02 Å². The van der Waals surface area contributed by atoms with Crippen LogP contribution in [-0.2, 0) is 0 Å². The average molecular weight is 309 g/mol. The quantitative estimate of drug-likeness (QED) is 0.828. The minimum Gasteiger partial charge on any atom is -0.311 e. The lowest BCUT2D eigenvalue weighted by Crippen LogP contribution is -2.54. The molecular formula is C18H29ClN2. The fourth-order valence-corrected chi connectivity index (χ4v) is 4.17. The van der Waals surface area contributed by atoms with Gasteiger partial charge in [0, 0.05) is 10.6 Å². The number of benzene rings is 1. The van der Waals surface area contributed by atoms with Crippen molar-refractivity contribution in [2.24, 2.45) is 0 Å². The molecule has 1 unspecified atom stereocenters. The van der Waals surface area contributed by atoms with Crippen LogP contribution in [-0.4, -0.2) is 30.6 Å². The van der Waals surface area contributed by atoms with Crippen molar-refractivity contribution < 1.29 is 0 Å². The summed E-state index contributed by atoms with van der Waals surface area (Å²) in [6, 6.07) is 6.85. The van der Waals surface area contributed by atoms with Crippen molar-refractivity contribution in [1.29, 1.82) is 0 Å². The van der Waals surface area contributed by atoms with Crippen LogP contribution in [0.25, 0.3) is 0 Å². The van der Waals surface area contributed by atoms with E-state index in [9.17, 15) is 0 Å². The number of likely N-dealkylation sites (tertiary alicyclic amines) is 1. The number of hydrogen-bond acceptors (Lipinski definition) is 2. The zero-order valence-electron chi connectivity index (χ0n) is 13.9. The summed E-state index contributed by atoms with van der Waals surface area (Å²) in [5.41, 5.74) is 2.64. The van der Waals surface area contributed by atoms with Crippen LogP contribution < -0.4 is 5.32 Å². The van der Waals surface area contributed by atoms with Gasteiger partial charge in [0.15, 0.2) is 0 Å². The van der Waals surface area contributed by atoms with Gasteiger partial charge in [-0.3, -0.25) is 4.90 Å². The molecule has 21 heavy (non-hydrogen) atoms. The van der Waals surface area contributed by atoms with E-state index in [0.29, 0.717) is 6.04 Å². The molecule has 2 nitrogen and oxygen atoms in total. The number of likely N-dealkylation sites (N-methyl/N-ethyl adjacent to an activating group) is 1. The third-order valence-corrected chi connectivity index (χ3v) is 5.72. The molecule has 0 radical (unpaired) electrons. The molecule has 118 valence electrons. The summed E-state index contributed by atoms with van der Waals surface area (Å²) in [5.74, 6) is 0. The van der Waals surface area contributed by atoms with Gasteiger partial charge >= 0.3 is 0 Å². The Kier molecular flexibility index (Phi) is 5.70. The Bertz CT molecular complexity index is 462. The molecule has 1 atom stereocenters. The standard InChI is InChI=1S/C18H29ClN2/c1-5-18(6-2,21-11-7-8-12-21)17(20-4)15-10-9-14(3)16(19)13-15/h9-10,13,17,20H,5-8,11-12H2,1-4H3. The molecule has 1 aliphatic heterocycles. The Hall–Kier alpha value is -0.570. The fourth-order valence-electron chi connectivity index (χ4n) is 3.98. The van der Waals surface area contributed by atoms with Gasteiger partial charge in [0.2, 0.25) is 0 Å². The molecule has 2 rings (SSSR count). The fraction of sp³-hybridized carbons (Fsp3) is 0.667.